The van der Waals surface area contributed by atoms with Gasteiger partial charge in [0.15, 0.2) is 5.82 Å². The number of aromatic nitrogens is 3. The number of pyridine rings is 1. The second kappa shape index (κ2) is 11.4. The summed E-state index contributed by atoms with van der Waals surface area (Å²) in [5, 5.41) is 2.73. The fourth-order valence-corrected chi connectivity index (χ4v) is 8.59. The zero-order valence-electron chi connectivity index (χ0n) is 27.1. The smallest absolute Gasteiger partial charge is 0.410 e. The number of hydrogen-bond acceptors (Lipinski definition) is 8. The molecule has 0 spiro atoms. The molecule has 47 heavy (non-hydrogen) atoms. The largest absolute Gasteiger partial charge is 0.461 e. The van der Waals surface area contributed by atoms with Crippen molar-refractivity contribution in [2.24, 2.45) is 11.8 Å². The van der Waals surface area contributed by atoms with Crippen molar-refractivity contribution in [3.63, 3.8) is 0 Å². The molecule has 4 aliphatic rings. The van der Waals surface area contributed by atoms with Crippen LogP contribution < -0.4 is 9.64 Å². The molecule has 0 unspecified atom stereocenters. The first-order valence-corrected chi connectivity index (χ1v) is 17.1. The molecule has 6 heterocycles. The van der Waals surface area contributed by atoms with Crippen molar-refractivity contribution in [2.45, 2.75) is 57.6 Å². The molecule has 1 amide bonds. The first-order valence-electron chi connectivity index (χ1n) is 16.7. The summed E-state index contributed by atoms with van der Waals surface area (Å²) in [4.78, 5) is 33.6. The summed E-state index contributed by atoms with van der Waals surface area (Å²) in [6.45, 7) is 10.9. The molecule has 2 aromatic carbocycles. The third kappa shape index (κ3) is 5.43. The van der Waals surface area contributed by atoms with Gasteiger partial charge in [0.25, 0.3) is 0 Å². The molecule has 8 rings (SSSR count). The third-order valence-electron chi connectivity index (χ3n) is 10.5. The summed E-state index contributed by atoms with van der Waals surface area (Å²) < 4.78 is 28.8. The van der Waals surface area contributed by atoms with Crippen LogP contribution in [0, 0.1) is 17.7 Å². The Morgan fingerprint density at radius 1 is 1.02 bits per heavy atom. The van der Waals surface area contributed by atoms with E-state index in [9.17, 15) is 4.79 Å². The minimum absolute atomic E-state index is 0.00404. The lowest BCUT2D eigenvalue weighted by Crippen LogP contribution is -2.43. The maximum absolute atomic E-state index is 16.8. The Hall–Kier alpha value is -3.76. The van der Waals surface area contributed by atoms with E-state index in [4.69, 9.17) is 31.0 Å². The summed E-state index contributed by atoms with van der Waals surface area (Å²) in [5.74, 6) is 0.581. The standard InChI is InChI=1S/C36H40ClFN6O3/c1-35(2,3)47-34(45)43-19-23-17-42(18-24(23)20-43)32-26-16-39-30(25-10-4-8-22-9-5-11-27(37)28(22)25)29(38)31(26)40-33(41-32)46-21-36-12-6-14-44(36)15-7-13-36/h4-5,8-11,16,23-24H,6-7,12-15,17-21H2,1-3H3/t23-,24+. The van der Waals surface area contributed by atoms with Gasteiger partial charge >= 0.3 is 12.1 Å². The third-order valence-corrected chi connectivity index (χ3v) is 10.8. The minimum atomic E-state index is -0.544. The molecule has 4 saturated heterocycles. The molecule has 4 aliphatic heterocycles. The van der Waals surface area contributed by atoms with Crippen molar-refractivity contribution < 1.29 is 18.7 Å². The maximum Gasteiger partial charge on any atom is 0.410 e. The van der Waals surface area contributed by atoms with E-state index in [-0.39, 0.29) is 40.7 Å². The highest BCUT2D eigenvalue weighted by Gasteiger charge is 2.46. The molecule has 0 radical (unpaired) electrons. The number of ether oxygens (including phenoxy) is 2. The molecule has 0 saturated carbocycles. The average molecular weight is 659 g/mol. The van der Waals surface area contributed by atoms with E-state index in [1.807, 2.05) is 62.1 Å². The molecular formula is C36H40ClFN6O3. The number of hydrogen-bond donors (Lipinski definition) is 0. The van der Waals surface area contributed by atoms with Crippen molar-refractivity contribution in [3.8, 4) is 17.3 Å². The number of anilines is 1. The van der Waals surface area contributed by atoms with Crippen LogP contribution in [0.3, 0.4) is 0 Å². The molecule has 0 aliphatic carbocycles. The molecule has 0 N–H and O–H groups in total. The van der Waals surface area contributed by atoms with Crippen LogP contribution >= 0.6 is 11.6 Å². The number of fused-ring (bicyclic) bond motifs is 4. The highest BCUT2D eigenvalue weighted by Crippen LogP contribution is 2.42. The second-order valence-electron chi connectivity index (χ2n) is 14.7. The lowest BCUT2D eigenvalue weighted by Gasteiger charge is -2.31. The van der Waals surface area contributed by atoms with E-state index in [1.54, 1.807) is 6.20 Å². The van der Waals surface area contributed by atoms with Crippen LogP contribution in [-0.2, 0) is 4.74 Å². The first kappa shape index (κ1) is 30.6. The van der Waals surface area contributed by atoms with E-state index in [0.717, 1.165) is 49.5 Å². The Kier molecular flexibility index (Phi) is 7.44. The highest BCUT2D eigenvalue weighted by atomic mass is 35.5. The molecule has 0 bridgehead atoms. The Bertz CT molecular complexity index is 1850. The van der Waals surface area contributed by atoms with Crippen molar-refractivity contribution in [1.82, 2.24) is 24.8 Å². The molecule has 2 atom stereocenters. The van der Waals surface area contributed by atoms with Gasteiger partial charge in [0.2, 0.25) is 0 Å². The molecule has 4 fully saturated rings. The van der Waals surface area contributed by atoms with Gasteiger partial charge in [-0.05, 0) is 71.0 Å². The summed E-state index contributed by atoms with van der Waals surface area (Å²) in [6, 6.07) is 11.5. The predicted molar refractivity (Wildman–Crippen MR) is 181 cm³/mol. The minimum Gasteiger partial charge on any atom is -0.461 e. The SMILES string of the molecule is CC(C)(C)OC(=O)N1C[C@@H]2CN(c3nc(OCC45CCCN4CCC5)nc4c(F)c(-c5cccc6cccc(Cl)c56)ncc34)C[C@@H]2C1. The molecule has 2 aromatic heterocycles. The number of rotatable bonds is 5. The fourth-order valence-electron chi connectivity index (χ4n) is 8.31. The summed E-state index contributed by atoms with van der Waals surface area (Å²) in [6.07, 6.45) is 5.88. The number of carbonyl (C=O) groups excluding carboxylic acids is 1. The van der Waals surface area contributed by atoms with Crippen LogP contribution in [-0.4, -0.2) is 87.9 Å². The van der Waals surface area contributed by atoms with E-state index in [0.29, 0.717) is 54.6 Å². The van der Waals surface area contributed by atoms with Crippen LogP contribution in [0.4, 0.5) is 15.0 Å². The number of halogens is 2. The van der Waals surface area contributed by atoms with Gasteiger partial charge < -0.3 is 19.3 Å². The lowest BCUT2D eigenvalue weighted by molar-refractivity contribution is 0.0282. The van der Waals surface area contributed by atoms with Gasteiger partial charge in [0.1, 0.15) is 29.2 Å². The Morgan fingerprint density at radius 2 is 1.72 bits per heavy atom. The topological polar surface area (TPSA) is 83.9 Å². The van der Waals surface area contributed by atoms with E-state index in [1.165, 1.54) is 0 Å². The van der Waals surface area contributed by atoms with Crippen molar-refractivity contribution in [1.29, 1.82) is 0 Å². The average Bonchev–Trinajstić information content (AvgIpc) is 3.80. The molecular weight excluding hydrogens is 619 g/mol. The number of carbonyl (C=O) groups is 1. The second-order valence-corrected chi connectivity index (χ2v) is 15.1. The van der Waals surface area contributed by atoms with Gasteiger partial charge in [0.05, 0.1) is 10.9 Å². The monoisotopic (exact) mass is 658 g/mol. The number of nitrogens with zero attached hydrogens (tertiary/aromatic N) is 6. The highest BCUT2D eigenvalue weighted by molar-refractivity contribution is 6.36. The first-order chi connectivity index (χ1) is 22.6. The number of amides is 1. The van der Waals surface area contributed by atoms with Crippen LogP contribution in [0.1, 0.15) is 46.5 Å². The van der Waals surface area contributed by atoms with Gasteiger partial charge in [-0.25, -0.2) is 9.18 Å². The summed E-state index contributed by atoms with van der Waals surface area (Å²) >= 11 is 6.64. The van der Waals surface area contributed by atoms with Gasteiger partial charge in [-0.15, -0.1) is 0 Å². The zero-order chi connectivity index (χ0) is 32.5. The lowest BCUT2D eigenvalue weighted by atomic mass is 9.95. The van der Waals surface area contributed by atoms with Crippen molar-refractivity contribution >= 4 is 45.2 Å². The predicted octanol–water partition coefficient (Wildman–Crippen LogP) is 6.95. The fraction of sp³-hybridized carbons (Fsp3) is 0.500. The molecule has 9 nitrogen and oxygen atoms in total. The normalized spacial score (nSPS) is 22.3. The Balaban J connectivity index is 1.16. The summed E-state index contributed by atoms with van der Waals surface area (Å²) in [5.41, 5.74) is 0.432. The van der Waals surface area contributed by atoms with E-state index >= 15 is 4.39 Å². The maximum atomic E-state index is 16.8. The van der Waals surface area contributed by atoms with Crippen LogP contribution in [0.15, 0.2) is 42.6 Å². The van der Waals surface area contributed by atoms with E-state index in [2.05, 4.69) is 14.8 Å². The number of likely N-dealkylation sites (tertiary alicyclic amines) is 1. The quantitative estimate of drug-likeness (QED) is 0.228. The Labute approximate surface area is 279 Å². The van der Waals surface area contributed by atoms with E-state index < -0.39 is 11.4 Å². The Morgan fingerprint density at radius 3 is 2.43 bits per heavy atom. The molecule has 4 aromatic rings. The van der Waals surface area contributed by atoms with Crippen molar-refractivity contribution in [3.05, 3.63) is 53.4 Å². The van der Waals surface area contributed by atoms with Crippen LogP contribution in [0.5, 0.6) is 6.01 Å². The van der Waals surface area contributed by atoms with Gasteiger partial charge in [-0.3, -0.25) is 9.88 Å². The van der Waals surface area contributed by atoms with Gasteiger partial charge in [-0.2, -0.15) is 9.97 Å². The summed E-state index contributed by atoms with van der Waals surface area (Å²) in [7, 11) is 0. The molecule has 246 valence electrons. The van der Waals surface area contributed by atoms with Crippen LogP contribution in [0.25, 0.3) is 32.9 Å². The molecule has 11 heteroatoms. The van der Waals surface area contributed by atoms with Gasteiger partial charge in [0, 0.05) is 60.2 Å². The zero-order valence-corrected chi connectivity index (χ0v) is 27.9. The van der Waals surface area contributed by atoms with Gasteiger partial charge in [-0.1, -0.05) is 41.9 Å². The van der Waals surface area contributed by atoms with Crippen molar-refractivity contribution in [2.75, 3.05) is 50.8 Å². The van der Waals surface area contributed by atoms with Crippen LogP contribution in [0.2, 0.25) is 5.02 Å². The number of benzene rings is 2.